The minimum absolute atomic E-state index is 0.0424. The molecule has 2 unspecified atom stereocenters. The van der Waals surface area contributed by atoms with Gasteiger partial charge in [0.1, 0.15) is 5.82 Å². The van der Waals surface area contributed by atoms with E-state index in [-0.39, 0.29) is 23.9 Å². The van der Waals surface area contributed by atoms with Gasteiger partial charge in [-0.1, -0.05) is 42.5 Å². The fraction of sp³-hybridized carbons (Fsp3) is 0.458. The molecule has 2 aromatic carbocycles. The highest BCUT2D eigenvalue weighted by Crippen LogP contribution is 2.18. The highest BCUT2D eigenvalue weighted by molar-refractivity contribution is 5.74. The van der Waals surface area contributed by atoms with Crippen molar-refractivity contribution < 1.29 is 9.18 Å². The van der Waals surface area contributed by atoms with Crippen molar-refractivity contribution in [2.45, 2.75) is 12.1 Å². The highest BCUT2D eigenvalue weighted by atomic mass is 19.1. The van der Waals surface area contributed by atoms with E-state index in [1.165, 1.54) is 12.1 Å². The van der Waals surface area contributed by atoms with Gasteiger partial charge in [-0.2, -0.15) is 0 Å². The topological polar surface area (TPSA) is 50.9 Å². The first kappa shape index (κ1) is 23.2. The predicted octanol–water partition coefficient (Wildman–Crippen LogP) is 2.72. The average molecular weight is 428 g/mol. The molecule has 1 heterocycles. The monoisotopic (exact) mass is 427 g/mol. The summed E-state index contributed by atoms with van der Waals surface area (Å²) < 4.78 is 13.3. The lowest BCUT2D eigenvalue weighted by atomic mass is 10.1. The Morgan fingerprint density at radius 1 is 1.00 bits per heavy atom. The van der Waals surface area contributed by atoms with Crippen LogP contribution in [0.3, 0.4) is 0 Å². The molecule has 31 heavy (non-hydrogen) atoms. The van der Waals surface area contributed by atoms with Gasteiger partial charge in [-0.15, -0.1) is 0 Å². The number of nitrogens with zero attached hydrogens (tertiary/aromatic N) is 3. The molecule has 168 valence electrons. The van der Waals surface area contributed by atoms with Crippen molar-refractivity contribution in [1.82, 2.24) is 25.3 Å². The molecule has 0 spiro atoms. The second-order valence-electron chi connectivity index (χ2n) is 8.45. The second-order valence-corrected chi connectivity index (χ2v) is 8.45. The first-order chi connectivity index (χ1) is 14.9. The minimum Gasteiger partial charge on any atom is -0.336 e. The lowest BCUT2D eigenvalue weighted by molar-refractivity contribution is 0.142. The molecule has 1 aliphatic heterocycles. The summed E-state index contributed by atoms with van der Waals surface area (Å²) in [5, 5.41) is 6.17. The van der Waals surface area contributed by atoms with Gasteiger partial charge in [0, 0.05) is 39.3 Å². The van der Waals surface area contributed by atoms with E-state index in [9.17, 15) is 9.18 Å². The third kappa shape index (κ3) is 7.02. The molecule has 0 aromatic heterocycles. The molecule has 0 saturated carbocycles. The van der Waals surface area contributed by atoms with Crippen LogP contribution in [-0.2, 0) is 0 Å². The van der Waals surface area contributed by atoms with Gasteiger partial charge in [0.15, 0.2) is 0 Å². The Morgan fingerprint density at radius 3 is 2.26 bits per heavy atom. The van der Waals surface area contributed by atoms with Gasteiger partial charge in [-0.3, -0.25) is 4.90 Å². The van der Waals surface area contributed by atoms with Crippen LogP contribution in [0.2, 0.25) is 0 Å². The number of likely N-dealkylation sites (N-methyl/N-ethyl adjacent to an activating group) is 2. The number of hydrogen-bond acceptors (Lipinski definition) is 4. The molecule has 2 aromatic rings. The molecule has 2 N–H and O–H groups in total. The molecule has 1 aliphatic rings. The van der Waals surface area contributed by atoms with Crippen molar-refractivity contribution in [1.29, 1.82) is 0 Å². The van der Waals surface area contributed by atoms with Gasteiger partial charge in [-0.25, -0.2) is 9.18 Å². The zero-order valence-electron chi connectivity index (χ0n) is 18.7. The first-order valence-corrected chi connectivity index (χ1v) is 10.8. The summed E-state index contributed by atoms with van der Waals surface area (Å²) in [7, 11) is 6.04. The van der Waals surface area contributed by atoms with Gasteiger partial charge in [0.25, 0.3) is 0 Å². The Hall–Kier alpha value is -2.48. The van der Waals surface area contributed by atoms with E-state index in [1.807, 2.05) is 37.2 Å². The number of amides is 2. The number of carbonyl (C=O) groups excluding carboxylic acids is 1. The Balaban J connectivity index is 1.61. The molecule has 2 atom stereocenters. The number of halogens is 1. The predicted molar refractivity (Wildman–Crippen MR) is 122 cm³/mol. The highest BCUT2D eigenvalue weighted by Gasteiger charge is 2.22. The summed E-state index contributed by atoms with van der Waals surface area (Å²) in [6.07, 6.45) is 0. The summed E-state index contributed by atoms with van der Waals surface area (Å²) >= 11 is 0. The molecule has 1 saturated heterocycles. The zero-order valence-corrected chi connectivity index (χ0v) is 18.7. The van der Waals surface area contributed by atoms with Crippen LogP contribution in [0, 0.1) is 5.82 Å². The van der Waals surface area contributed by atoms with Crippen LogP contribution >= 0.6 is 0 Å². The Bertz CT molecular complexity index is 806. The molecule has 3 rings (SSSR count). The van der Waals surface area contributed by atoms with Gasteiger partial charge in [0.05, 0.1) is 12.1 Å². The summed E-state index contributed by atoms with van der Waals surface area (Å²) in [6.45, 7) is 5.28. The van der Waals surface area contributed by atoms with Gasteiger partial charge < -0.3 is 20.4 Å². The summed E-state index contributed by atoms with van der Waals surface area (Å²) in [5.41, 5.74) is 2.06. The molecule has 0 bridgehead atoms. The molecule has 2 amide bonds. The SMILES string of the molecule is CN1CCN(CC(NC(=O)NCC(c2ccc(F)cc2)N(C)C)c2ccccc2)CC1. The Kier molecular flexibility index (Phi) is 8.40. The summed E-state index contributed by atoms with van der Waals surface area (Å²) in [4.78, 5) is 19.6. The lowest BCUT2D eigenvalue weighted by Crippen LogP contribution is -2.49. The minimum atomic E-state index is -0.262. The molecule has 1 fully saturated rings. The summed E-state index contributed by atoms with van der Waals surface area (Å²) in [6, 6.07) is 16.2. The smallest absolute Gasteiger partial charge is 0.315 e. The molecule has 0 radical (unpaired) electrons. The molecule has 0 aliphatic carbocycles. The first-order valence-electron chi connectivity index (χ1n) is 10.8. The van der Waals surface area contributed by atoms with Crippen LogP contribution in [0.5, 0.6) is 0 Å². The Morgan fingerprint density at radius 2 is 1.65 bits per heavy atom. The number of carbonyl (C=O) groups is 1. The molecular weight excluding hydrogens is 393 g/mol. The van der Waals surface area contributed by atoms with E-state index >= 15 is 0 Å². The number of hydrogen-bond donors (Lipinski definition) is 2. The number of urea groups is 1. The van der Waals surface area contributed by atoms with Crippen molar-refractivity contribution in [3.05, 3.63) is 71.5 Å². The standard InChI is InChI=1S/C24H34FN5O/c1-28(2)23(20-9-11-21(25)12-10-20)17-26-24(31)27-22(19-7-5-4-6-8-19)18-30-15-13-29(3)14-16-30/h4-12,22-23H,13-18H2,1-3H3,(H2,26,27,31). The van der Waals surface area contributed by atoms with Crippen LogP contribution < -0.4 is 10.6 Å². The van der Waals surface area contributed by atoms with E-state index in [0.717, 1.165) is 43.9 Å². The number of piperazine rings is 1. The van der Waals surface area contributed by atoms with Crippen molar-refractivity contribution in [3.8, 4) is 0 Å². The van der Waals surface area contributed by atoms with Crippen molar-refractivity contribution in [2.75, 3.05) is 60.4 Å². The largest absolute Gasteiger partial charge is 0.336 e. The maximum absolute atomic E-state index is 13.3. The van der Waals surface area contributed by atoms with Crippen molar-refractivity contribution >= 4 is 6.03 Å². The molecule has 7 heteroatoms. The number of benzene rings is 2. The van der Waals surface area contributed by atoms with E-state index in [0.29, 0.717) is 6.54 Å². The van der Waals surface area contributed by atoms with Crippen LogP contribution in [0.15, 0.2) is 54.6 Å². The number of rotatable bonds is 8. The van der Waals surface area contributed by atoms with Crippen molar-refractivity contribution in [2.24, 2.45) is 0 Å². The molecular formula is C24H34FN5O. The lowest BCUT2D eigenvalue weighted by Gasteiger charge is -2.35. The maximum Gasteiger partial charge on any atom is 0.315 e. The number of nitrogens with one attached hydrogen (secondary N) is 2. The van der Waals surface area contributed by atoms with E-state index in [1.54, 1.807) is 12.1 Å². The fourth-order valence-electron chi connectivity index (χ4n) is 3.89. The quantitative estimate of drug-likeness (QED) is 0.680. The third-order valence-corrected chi connectivity index (χ3v) is 5.88. The van der Waals surface area contributed by atoms with Gasteiger partial charge in [-0.05, 0) is 44.4 Å². The van der Waals surface area contributed by atoms with Crippen LogP contribution in [0.4, 0.5) is 9.18 Å². The van der Waals surface area contributed by atoms with Gasteiger partial charge in [0.2, 0.25) is 0 Å². The van der Waals surface area contributed by atoms with E-state index in [2.05, 4.69) is 39.6 Å². The normalized spacial score (nSPS) is 17.3. The fourth-order valence-corrected chi connectivity index (χ4v) is 3.89. The third-order valence-electron chi connectivity index (χ3n) is 5.88. The average Bonchev–Trinajstić information content (AvgIpc) is 2.76. The van der Waals surface area contributed by atoms with Gasteiger partial charge >= 0.3 is 6.03 Å². The van der Waals surface area contributed by atoms with Crippen LogP contribution in [-0.4, -0.2) is 81.1 Å². The van der Waals surface area contributed by atoms with E-state index in [4.69, 9.17) is 0 Å². The summed E-state index contributed by atoms with van der Waals surface area (Å²) in [5.74, 6) is -0.262. The molecule has 6 nitrogen and oxygen atoms in total. The van der Waals surface area contributed by atoms with E-state index < -0.39 is 0 Å². The second kappa shape index (κ2) is 11.2. The van der Waals surface area contributed by atoms with Crippen molar-refractivity contribution in [3.63, 3.8) is 0 Å². The zero-order chi connectivity index (χ0) is 22.2. The van der Waals surface area contributed by atoms with Crippen LogP contribution in [0.25, 0.3) is 0 Å². The maximum atomic E-state index is 13.3. The Labute approximate surface area is 185 Å². The van der Waals surface area contributed by atoms with Crippen LogP contribution in [0.1, 0.15) is 23.2 Å².